The third kappa shape index (κ3) is 4.46. The fourth-order valence-electron chi connectivity index (χ4n) is 3.64. The summed E-state index contributed by atoms with van der Waals surface area (Å²) in [5, 5.41) is 11.2. The molecule has 1 N–H and O–H groups in total. The van der Waals surface area contributed by atoms with Gasteiger partial charge < -0.3 is 14.7 Å². The minimum absolute atomic E-state index is 0.0163. The van der Waals surface area contributed by atoms with Gasteiger partial charge in [-0.2, -0.15) is 0 Å². The number of benzene rings is 2. The Bertz CT molecular complexity index is 764. The number of hydrogen-bond donors (Lipinski definition) is 1. The molecule has 0 bridgehead atoms. The SMILES string of the molecule is CCC[C@H](CO)N1C(=O)CO[C@H](c2ccc(Cl)cc2)[C@@H]1c1ccc(Cl)cc1. The van der Waals surface area contributed by atoms with E-state index in [1.807, 2.05) is 43.3 Å². The molecule has 6 heteroatoms. The highest BCUT2D eigenvalue weighted by atomic mass is 35.5. The van der Waals surface area contributed by atoms with Crippen molar-refractivity contribution in [3.63, 3.8) is 0 Å². The van der Waals surface area contributed by atoms with Crippen molar-refractivity contribution in [3.05, 3.63) is 69.7 Å². The Morgan fingerprint density at radius 2 is 1.63 bits per heavy atom. The van der Waals surface area contributed by atoms with E-state index in [9.17, 15) is 9.90 Å². The predicted molar refractivity (Wildman–Crippen MR) is 107 cm³/mol. The fourth-order valence-corrected chi connectivity index (χ4v) is 3.89. The second kappa shape index (κ2) is 9.07. The van der Waals surface area contributed by atoms with Gasteiger partial charge in [-0.25, -0.2) is 0 Å². The summed E-state index contributed by atoms with van der Waals surface area (Å²) in [4.78, 5) is 14.6. The molecule has 1 aliphatic rings. The fraction of sp³-hybridized carbons (Fsp3) is 0.381. The van der Waals surface area contributed by atoms with E-state index in [4.69, 9.17) is 27.9 Å². The van der Waals surface area contributed by atoms with E-state index >= 15 is 0 Å². The maximum absolute atomic E-state index is 12.8. The molecule has 3 rings (SSSR count). The number of ether oxygens (including phenoxy) is 1. The molecule has 2 aromatic carbocycles. The van der Waals surface area contributed by atoms with Crippen LogP contribution in [-0.2, 0) is 9.53 Å². The van der Waals surface area contributed by atoms with Crippen LogP contribution >= 0.6 is 23.2 Å². The zero-order chi connectivity index (χ0) is 19.4. The van der Waals surface area contributed by atoms with Gasteiger partial charge in [0.2, 0.25) is 5.91 Å². The topological polar surface area (TPSA) is 49.8 Å². The van der Waals surface area contributed by atoms with Gasteiger partial charge in [0, 0.05) is 10.0 Å². The molecule has 1 saturated heterocycles. The third-order valence-electron chi connectivity index (χ3n) is 4.90. The van der Waals surface area contributed by atoms with E-state index in [2.05, 4.69) is 0 Å². The molecule has 1 heterocycles. The number of aliphatic hydroxyl groups excluding tert-OH is 1. The molecule has 0 spiro atoms. The largest absolute Gasteiger partial charge is 0.394 e. The van der Waals surface area contributed by atoms with Crippen molar-refractivity contribution in [3.8, 4) is 0 Å². The third-order valence-corrected chi connectivity index (χ3v) is 5.40. The van der Waals surface area contributed by atoms with Gasteiger partial charge in [-0.1, -0.05) is 60.8 Å². The Labute approximate surface area is 169 Å². The first-order chi connectivity index (χ1) is 13.0. The van der Waals surface area contributed by atoms with Crippen LogP contribution in [0.1, 0.15) is 43.0 Å². The molecule has 2 aromatic rings. The number of hydrogen-bond acceptors (Lipinski definition) is 3. The van der Waals surface area contributed by atoms with Gasteiger partial charge in [0.25, 0.3) is 0 Å². The van der Waals surface area contributed by atoms with Gasteiger partial charge >= 0.3 is 0 Å². The summed E-state index contributed by atoms with van der Waals surface area (Å²) in [5.74, 6) is -0.118. The maximum atomic E-state index is 12.8. The molecule has 0 radical (unpaired) electrons. The number of carbonyl (C=O) groups excluding carboxylic acids is 1. The molecule has 144 valence electrons. The van der Waals surface area contributed by atoms with Crippen LogP contribution in [0.3, 0.4) is 0 Å². The number of aliphatic hydroxyl groups is 1. The molecule has 0 saturated carbocycles. The van der Waals surface area contributed by atoms with Gasteiger partial charge in [-0.3, -0.25) is 4.79 Å². The number of halogens is 2. The predicted octanol–water partition coefficient (Wildman–Crippen LogP) is 4.80. The summed E-state index contributed by atoms with van der Waals surface area (Å²) in [6.45, 7) is 1.94. The summed E-state index contributed by atoms with van der Waals surface area (Å²) in [6, 6.07) is 14.3. The summed E-state index contributed by atoms with van der Waals surface area (Å²) >= 11 is 12.1. The maximum Gasteiger partial charge on any atom is 0.249 e. The van der Waals surface area contributed by atoms with Gasteiger partial charge in [0.05, 0.1) is 18.7 Å². The first kappa shape index (κ1) is 20.2. The summed E-state index contributed by atoms with van der Waals surface area (Å²) < 4.78 is 5.97. The quantitative estimate of drug-likeness (QED) is 0.748. The molecule has 27 heavy (non-hydrogen) atoms. The van der Waals surface area contributed by atoms with Crippen molar-refractivity contribution in [2.24, 2.45) is 0 Å². The highest BCUT2D eigenvalue weighted by Crippen LogP contribution is 2.42. The second-order valence-corrected chi connectivity index (χ2v) is 7.58. The van der Waals surface area contributed by atoms with Crippen molar-refractivity contribution in [1.82, 2.24) is 4.90 Å². The van der Waals surface area contributed by atoms with Crippen LogP contribution in [0.25, 0.3) is 0 Å². The molecular formula is C21H23Cl2NO3. The van der Waals surface area contributed by atoms with Crippen molar-refractivity contribution in [2.45, 2.75) is 38.0 Å². The number of amides is 1. The van der Waals surface area contributed by atoms with Crippen LogP contribution in [-0.4, -0.2) is 35.2 Å². The molecule has 1 aliphatic heterocycles. The van der Waals surface area contributed by atoms with E-state index in [0.29, 0.717) is 10.0 Å². The normalized spacial score (nSPS) is 21.3. The number of rotatable bonds is 6. The van der Waals surface area contributed by atoms with Crippen LogP contribution in [0, 0.1) is 0 Å². The van der Waals surface area contributed by atoms with Gasteiger partial charge in [-0.15, -0.1) is 0 Å². The second-order valence-electron chi connectivity index (χ2n) is 6.71. The molecule has 3 atom stereocenters. The zero-order valence-corrected chi connectivity index (χ0v) is 16.7. The van der Waals surface area contributed by atoms with Crippen molar-refractivity contribution >= 4 is 29.1 Å². The Morgan fingerprint density at radius 3 is 2.15 bits per heavy atom. The lowest BCUT2D eigenvalue weighted by Gasteiger charge is -2.45. The minimum atomic E-state index is -0.355. The van der Waals surface area contributed by atoms with Crippen molar-refractivity contribution in [2.75, 3.05) is 13.2 Å². The first-order valence-electron chi connectivity index (χ1n) is 9.09. The molecule has 4 nitrogen and oxygen atoms in total. The Balaban J connectivity index is 2.07. The summed E-state index contributed by atoms with van der Waals surface area (Å²) in [6.07, 6.45) is 1.24. The lowest BCUT2D eigenvalue weighted by molar-refractivity contribution is -0.165. The Kier molecular flexibility index (Phi) is 6.77. The van der Waals surface area contributed by atoms with Crippen molar-refractivity contribution in [1.29, 1.82) is 0 Å². The molecule has 1 fully saturated rings. The van der Waals surface area contributed by atoms with Crippen LogP contribution in [0.5, 0.6) is 0 Å². The smallest absolute Gasteiger partial charge is 0.249 e. The van der Waals surface area contributed by atoms with E-state index in [1.165, 1.54) is 0 Å². The Morgan fingerprint density at radius 1 is 1.07 bits per heavy atom. The standard InChI is InChI=1S/C21H23Cl2NO3/c1-2-3-18(12-25)24-19(26)13-27-21(15-6-10-17(23)11-7-15)20(24)14-4-8-16(22)9-5-14/h4-11,18,20-21,25H,2-3,12-13H2,1H3/t18-,20+,21-/m1/s1. The molecular weight excluding hydrogens is 385 g/mol. The lowest BCUT2D eigenvalue weighted by Crippen LogP contribution is -2.52. The summed E-state index contributed by atoms with van der Waals surface area (Å²) in [7, 11) is 0. The molecule has 0 aromatic heterocycles. The van der Waals surface area contributed by atoms with Crippen LogP contribution in [0.2, 0.25) is 10.0 Å². The lowest BCUT2D eigenvalue weighted by atomic mass is 9.91. The molecule has 0 aliphatic carbocycles. The van der Waals surface area contributed by atoms with Gasteiger partial charge in [0.15, 0.2) is 0 Å². The molecule has 0 unspecified atom stereocenters. The van der Waals surface area contributed by atoms with Gasteiger partial charge in [0.1, 0.15) is 12.7 Å². The van der Waals surface area contributed by atoms with E-state index in [-0.39, 0.29) is 37.3 Å². The average Bonchev–Trinajstić information content (AvgIpc) is 2.68. The zero-order valence-electron chi connectivity index (χ0n) is 15.1. The van der Waals surface area contributed by atoms with Crippen molar-refractivity contribution < 1.29 is 14.6 Å². The number of carbonyl (C=O) groups is 1. The average molecular weight is 408 g/mol. The molecule has 1 amide bonds. The van der Waals surface area contributed by atoms with Crippen LogP contribution in [0.15, 0.2) is 48.5 Å². The first-order valence-corrected chi connectivity index (χ1v) is 9.85. The minimum Gasteiger partial charge on any atom is -0.394 e. The number of morpholine rings is 1. The summed E-state index contributed by atoms with van der Waals surface area (Å²) in [5.41, 5.74) is 1.85. The monoisotopic (exact) mass is 407 g/mol. The number of nitrogens with zero attached hydrogens (tertiary/aromatic N) is 1. The highest BCUT2D eigenvalue weighted by molar-refractivity contribution is 6.30. The van der Waals surface area contributed by atoms with Crippen LogP contribution < -0.4 is 0 Å². The highest BCUT2D eigenvalue weighted by Gasteiger charge is 2.41. The van der Waals surface area contributed by atoms with Gasteiger partial charge in [-0.05, 0) is 41.8 Å². The Hall–Kier alpha value is -1.59. The van der Waals surface area contributed by atoms with E-state index in [1.54, 1.807) is 17.0 Å². The van der Waals surface area contributed by atoms with E-state index < -0.39 is 0 Å². The van der Waals surface area contributed by atoms with E-state index in [0.717, 1.165) is 24.0 Å². The van der Waals surface area contributed by atoms with Crippen LogP contribution in [0.4, 0.5) is 0 Å².